The SMILES string of the molecule is CNCC1CCN(C(=O)COc2ccc(Cl)c(C)c2)CC1. The molecule has 5 heteroatoms. The number of hydrogen-bond donors (Lipinski definition) is 1. The van der Waals surface area contributed by atoms with Crippen LogP contribution < -0.4 is 10.1 Å². The second kappa shape index (κ2) is 7.66. The molecule has 1 aromatic carbocycles. The van der Waals surface area contributed by atoms with Crippen molar-refractivity contribution in [2.24, 2.45) is 5.92 Å². The van der Waals surface area contributed by atoms with Gasteiger partial charge in [0.1, 0.15) is 5.75 Å². The fourth-order valence-electron chi connectivity index (χ4n) is 2.62. The van der Waals surface area contributed by atoms with E-state index in [9.17, 15) is 4.79 Å². The Morgan fingerprint density at radius 1 is 1.43 bits per heavy atom. The smallest absolute Gasteiger partial charge is 0.260 e. The second-order valence-electron chi connectivity index (χ2n) is 5.58. The van der Waals surface area contributed by atoms with Crippen molar-refractivity contribution >= 4 is 17.5 Å². The maximum atomic E-state index is 12.1. The molecule has 1 aromatic rings. The third-order valence-electron chi connectivity index (χ3n) is 3.95. The minimum atomic E-state index is 0.0607. The van der Waals surface area contributed by atoms with Crippen LogP contribution in [0.15, 0.2) is 18.2 Å². The normalized spacial score (nSPS) is 16.0. The summed E-state index contributed by atoms with van der Waals surface area (Å²) in [5.41, 5.74) is 0.953. The lowest BCUT2D eigenvalue weighted by atomic mass is 9.97. The van der Waals surface area contributed by atoms with Crippen molar-refractivity contribution in [3.8, 4) is 5.75 Å². The number of carbonyl (C=O) groups excluding carboxylic acids is 1. The van der Waals surface area contributed by atoms with E-state index in [2.05, 4.69) is 5.32 Å². The molecule has 0 bridgehead atoms. The quantitative estimate of drug-likeness (QED) is 0.908. The molecule has 1 N–H and O–H groups in total. The number of rotatable bonds is 5. The molecule has 0 unspecified atom stereocenters. The molecule has 0 spiro atoms. The van der Waals surface area contributed by atoms with Gasteiger partial charge in [0, 0.05) is 18.1 Å². The molecule has 4 nitrogen and oxygen atoms in total. The molecule has 116 valence electrons. The van der Waals surface area contributed by atoms with Crippen molar-refractivity contribution in [3.63, 3.8) is 0 Å². The van der Waals surface area contributed by atoms with E-state index in [4.69, 9.17) is 16.3 Å². The fraction of sp³-hybridized carbons (Fsp3) is 0.562. The van der Waals surface area contributed by atoms with Crippen LogP contribution in [0.1, 0.15) is 18.4 Å². The lowest BCUT2D eigenvalue weighted by Crippen LogP contribution is -2.42. The number of aryl methyl sites for hydroxylation is 1. The summed E-state index contributed by atoms with van der Waals surface area (Å²) in [6.07, 6.45) is 2.12. The Labute approximate surface area is 131 Å². The van der Waals surface area contributed by atoms with Crippen LogP contribution in [0.5, 0.6) is 5.75 Å². The van der Waals surface area contributed by atoms with Crippen LogP contribution in [0.3, 0.4) is 0 Å². The van der Waals surface area contributed by atoms with E-state index >= 15 is 0 Å². The Balaban J connectivity index is 1.78. The van der Waals surface area contributed by atoms with E-state index < -0.39 is 0 Å². The number of carbonyl (C=O) groups is 1. The summed E-state index contributed by atoms with van der Waals surface area (Å²) in [6.45, 7) is 4.70. The number of likely N-dealkylation sites (tertiary alicyclic amines) is 1. The topological polar surface area (TPSA) is 41.6 Å². The minimum absolute atomic E-state index is 0.0607. The van der Waals surface area contributed by atoms with Gasteiger partial charge in [0.05, 0.1) is 0 Å². The van der Waals surface area contributed by atoms with Crippen molar-refractivity contribution in [1.82, 2.24) is 10.2 Å². The number of piperidine rings is 1. The molecule has 0 atom stereocenters. The van der Waals surface area contributed by atoms with Gasteiger partial charge in [-0.1, -0.05) is 11.6 Å². The third-order valence-corrected chi connectivity index (χ3v) is 4.38. The van der Waals surface area contributed by atoms with E-state index in [0.29, 0.717) is 16.7 Å². The molecule has 1 amide bonds. The molecule has 1 fully saturated rings. The summed E-state index contributed by atoms with van der Waals surface area (Å²) >= 11 is 5.97. The predicted molar refractivity (Wildman–Crippen MR) is 84.9 cm³/mol. The Hall–Kier alpha value is -1.26. The summed E-state index contributed by atoms with van der Waals surface area (Å²) in [6, 6.07) is 5.44. The maximum Gasteiger partial charge on any atom is 0.260 e. The number of hydrogen-bond acceptors (Lipinski definition) is 3. The van der Waals surface area contributed by atoms with Crippen LogP contribution >= 0.6 is 11.6 Å². The van der Waals surface area contributed by atoms with E-state index in [0.717, 1.165) is 38.0 Å². The van der Waals surface area contributed by atoms with E-state index in [1.807, 2.05) is 24.9 Å². The molecule has 2 rings (SSSR count). The van der Waals surface area contributed by atoms with E-state index in [1.54, 1.807) is 12.1 Å². The highest BCUT2D eigenvalue weighted by Crippen LogP contribution is 2.21. The van der Waals surface area contributed by atoms with Gasteiger partial charge in [0.15, 0.2) is 6.61 Å². The van der Waals surface area contributed by atoms with Gasteiger partial charge in [0.2, 0.25) is 0 Å². The average molecular weight is 311 g/mol. The molecular weight excluding hydrogens is 288 g/mol. The third kappa shape index (κ3) is 4.61. The summed E-state index contributed by atoms with van der Waals surface area (Å²) in [5.74, 6) is 1.43. The zero-order valence-corrected chi connectivity index (χ0v) is 13.4. The van der Waals surface area contributed by atoms with Crippen molar-refractivity contribution in [2.45, 2.75) is 19.8 Å². The molecule has 1 saturated heterocycles. The number of nitrogens with one attached hydrogen (secondary N) is 1. The largest absolute Gasteiger partial charge is 0.484 e. The first kappa shape index (κ1) is 16.1. The van der Waals surface area contributed by atoms with Gasteiger partial charge in [-0.05, 0) is 63.0 Å². The van der Waals surface area contributed by atoms with Gasteiger partial charge in [-0.3, -0.25) is 4.79 Å². The minimum Gasteiger partial charge on any atom is -0.484 e. The van der Waals surface area contributed by atoms with Gasteiger partial charge < -0.3 is 15.0 Å². The summed E-state index contributed by atoms with van der Waals surface area (Å²) < 4.78 is 5.57. The number of benzene rings is 1. The number of nitrogens with zero attached hydrogens (tertiary/aromatic N) is 1. The van der Waals surface area contributed by atoms with Crippen molar-refractivity contribution in [3.05, 3.63) is 28.8 Å². The number of halogens is 1. The first-order valence-electron chi connectivity index (χ1n) is 7.41. The lowest BCUT2D eigenvalue weighted by molar-refractivity contribution is -0.134. The summed E-state index contributed by atoms with van der Waals surface area (Å²) in [5, 5.41) is 3.91. The first-order valence-corrected chi connectivity index (χ1v) is 7.79. The predicted octanol–water partition coefficient (Wildman–Crippen LogP) is 2.49. The highest BCUT2D eigenvalue weighted by atomic mass is 35.5. The average Bonchev–Trinajstić information content (AvgIpc) is 2.49. The summed E-state index contributed by atoms with van der Waals surface area (Å²) in [4.78, 5) is 14.0. The molecule has 0 saturated carbocycles. The van der Waals surface area contributed by atoms with Crippen LogP contribution in [0.25, 0.3) is 0 Å². The van der Waals surface area contributed by atoms with Crippen LogP contribution in [-0.4, -0.2) is 44.1 Å². The number of amides is 1. The molecule has 0 aromatic heterocycles. The number of ether oxygens (including phenoxy) is 1. The van der Waals surface area contributed by atoms with Crippen molar-refractivity contribution in [1.29, 1.82) is 0 Å². The Kier molecular flexibility index (Phi) is 5.88. The van der Waals surface area contributed by atoms with Gasteiger partial charge in [0.25, 0.3) is 5.91 Å². The lowest BCUT2D eigenvalue weighted by Gasteiger charge is -2.31. The molecule has 1 heterocycles. The standard InChI is InChI=1S/C16H23ClN2O2/c1-12-9-14(3-4-15(12)17)21-11-16(20)19-7-5-13(6-8-19)10-18-2/h3-4,9,13,18H,5-8,10-11H2,1-2H3. The highest BCUT2D eigenvalue weighted by Gasteiger charge is 2.22. The Morgan fingerprint density at radius 3 is 2.76 bits per heavy atom. The van der Waals surface area contributed by atoms with E-state index in [1.165, 1.54) is 0 Å². The second-order valence-corrected chi connectivity index (χ2v) is 5.99. The maximum absolute atomic E-state index is 12.1. The monoisotopic (exact) mass is 310 g/mol. The van der Waals surface area contributed by atoms with Gasteiger partial charge >= 0.3 is 0 Å². The fourth-order valence-corrected chi connectivity index (χ4v) is 2.74. The van der Waals surface area contributed by atoms with Gasteiger partial charge in [-0.2, -0.15) is 0 Å². The van der Waals surface area contributed by atoms with Crippen LogP contribution in [-0.2, 0) is 4.79 Å². The van der Waals surface area contributed by atoms with Crippen molar-refractivity contribution < 1.29 is 9.53 Å². The molecule has 1 aliphatic rings. The van der Waals surface area contributed by atoms with Gasteiger partial charge in [-0.15, -0.1) is 0 Å². The van der Waals surface area contributed by atoms with Crippen LogP contribution in [0, 0.1) is 12.8 Å². The van der Waals surface area contributed by atoms with E-state index in [-0.39, 0.29) is 12.5 Å². The van der Waals surface area contributed by atoms with Crippen molar-refractivity contribution in [2.75, 3.05) is 33.3 Å². The molecular formula is C16H23ClN2O2. The molecule has 1 aliphatic heterocycles. The first-order chi connectivity index (χ1) is 10.1. The summed E-state index contributed by atoms with van der Waals surface area (Å²) in [7, 11) is 1.97. The molecule has 21 heavy (non-hydrogen) atoms. The Bertz CT molecular complexity index is 485. The van der Waals surface area contributed by atoms with Crippen LogP contribution in [0.2, 0.25) is 5.02 Å². The Morgan fingerprint density at radius 2 is 2.14 bits per heavy atom. The zero-order valence-electron chi connectivity index (χ0n) is 12.7. The highest BCUT2D eigenvalue weighted by molar-refractivity contribution is 6.31. The zero-order chi connectivity index (χ0) is 15.2. The van der Waals surface area contributed by atoms with Gasteiger partial charge in [-0.25, -0.2) is 0 Å². The molecule has 0 aliphatic carbocycles. The van der Waals surface area contributed by atoms with Crippen LogP contribution in [0.4, 0.5) is 0 Å². The molecule has 0 radical (unpaired) electrons.